The summed E-state index contributed by atoms with van der Waals surface area (Å²) in [4.78, 5) is 10.6. The van der Waals surface area contributed by atoms with Gasteiger partial charge >= 0.3 is 6.09 Å². The Morgan fingerprint density at radius 3 is 2.55 bits per heavy atom. The quantitative estimate of drug-likeness (QED) is 0.729. The number of carbonyl (C=O) groups is 1. The molecule has 1 aromatic rings. The lowest BCUT2D eigenvalue weighted by Gasteiger charge is -1.99. The summed E-state index contributed by atoms with van der Waals surface area (Å²) < 4.78 is 6.93. The lowest BCUT2D eigenvalue weighted by Crippen LogP contribution is -2.16. The van der Waals surface area contributed by atoms with Crippen molar-refractivity contribution in [2.24, 2.45) is 0 Å². The van der Waals surface area contributed by atoms with Crippen LogP contribution >= 0.6 is 16.1 Å². The molecule has 1 rings (SSSR count). The third-order valence-electron chi connectivity index (χ3n) is 1.03. The van der Waals surface area contributed by atoms with E-state index in [9.17, 15) is 4.79 Å². The molecular formula is C7H6BrNO2. The molecule has 1 aromatic carbocycles. The Labute approximate surface area is 72.7 Å². The van der Waals surface area contributed by atoms with Crippen molar-refractivity contribution < 1.29 is 9.53 Å². The molecular weight excluding hydrogens is 210 g/mol. The summed E-state index contributed by atoms with van der Waals surface area (Å²) in [7, 11) is 0. The van der Waals surface area contributed by atoms with E-state index in [4.69, 9.17) is 4.74 Å². The number of para-hydroxylation sites is 1. The molecule has 1 amide bonds. The second-order valence-corrected chi connectivity index (χ2v) is 2.19. The lowest BCUT2D eigenvalue weighted by molar-refractivity contribution is 0.208. The maximum absolute atomic E-state index is 10.6. The minimum Gasteiger partial charge on any atom is -0.410 e. The molecule has 58 valence electrons. The summed E-state index contributed by atoms with van der Waals surface area (Å²) in [6.07, 6.45) is -0.531. The van der Waals surface area contributed by atoms with Gasteiger partial charge in [-0.15, -0.1) is 0 Å². The first-order chi connectivity index (χ1) is 5.33. The van der Waals surface area contributed by atoms with Crippen molar-refractivity contribution in [2.45, 2.75) is 0 Å². The van der Waals surface area contributed by atoms with Crippen LogP contribution in [0, 0.1) is 0 Å². The summed E-state index contributed by atoms with van der Waals surface area (Å²) in [5.74, 6) is 0.518. The number of hydrogen-bond donors (Lipinski definition) is 1. The fourth-order valence-electron chi connectivity index (χ4n) is 0.615. The number of halogens is 1. The van der Waals surface area contributed by atoms with Gasteiger partial charge in [0.25, 0.3) is 0 Å². The largest absolute Gasteiger partial charge is 0.422 e. The normalized spacial score (nSPS) is 8.82. The van der Waals surface area contributed by atoms with E-state index < -0.39 is 6.09 Å². The number of carbonyl (C=O) groups excluding carboxylic acids is 1. The molecule has 0 saturated carbocycles. The second-order valence-electron chi connectivity index (χ2n) is 1.80. The van der Waals surface area contributed by atoms with Crippen molar-refractivity contribution >= 4 is 22.2 Å². The third kappa shape index (κ3) is 2.59. The number of ether oxygens (including phenoxy) is 1. The van der Waals surface area contributed by atoms with Crippen molar-refractivity contribution in [3.05, 3.63) is 30.3 Å². The molecule has 0 aliphatic rings. The van der Waals surface area contributed by atoms with E-state index in [1.165, 1.54) is 0 Å². The maximum Gasteiger partial charge on any atom is 0.422 e. The molecule has 0 aliphatic heterocycles. The Balaban J connectivity index is 2.58. The first kappa shape index (κ1) is 8.07. The van der Waals surface area contributed by atoms with E-state index in [2.05, 4.69) is 20.5 Å². The van der Waals surface area contributed by atoms with Crippen LogP contribution < -0.4 is 9.08 Å². The highest BCUT2D eigenvalue weighted by Gasteiger charge is 1.98. The van der Waals surface area contributed by atoms with E-state index in [0.29, 0.717) is 5.75 Å². The maximum atomic E-state index is 10.6. The number of rotatable bonds is 1. The van der Waals surface area contributed by atoms with Crippen LogP contribution in [-0.4, -0.2) is 6.09 Å². The fourth-order valence-corrected chi connectivity index (χ4v) is 0.696. The molecule has 0 aromatic heterocycles. The molecule has 3 nitrogen and oxygen atoms in total. The van der Waals surface area contributed by atoms with Gasteiger partial charge in [-0.25, -0.2) is 4.79 Å². The summed E-state index contributed by atoms with van der Waals surface area (Å²) >= 11 is 2.75. The first-order valence-corrected chi connectivity index (χ1v) is 3.76. The molecule has 0 atom stereocenters. The Morgan fingerprint density at radius 1 is 1.36 bits per heavy atom. The molecule has 0 bridgehead atoms. The summed E-state index contributed by atoms with van der Waals surface area (Å²) in [6.45, 7) is 0. The smallest absolute Gasteiger partial charge is 0.410 e. The van der Waals surface area contributed by atoms with Crippen LogP contribution in [0.15, 0.2) is 30.3 Å². The van der Waals surface area contributed by atoms with Gasteiger partial charge in [-0.1, -0.05) is 18.2 Å². The minimum absolute atomic E-state index is 0.518. The molecule has 0 saturated heterocycles. The summed E-state index contributed by atoms with van der Waals surface area (Å²) in [5, 5.41) is 0. The van der Waals surface area contributed by atoms with E-state index in [0.717, 1.165) is 0 Å². The van der Waals surface area contributed by atoms with Gasteiger partial charge in [-0.05, 0) is 12.1 Å². The van der Waals surface area contributed by atoms with Crippen LogP contribution in [0.2, 0.25) is 0 Å². The Bertz CT molecular complexity index is 237. The van der Waals surface area contributed by atoms with Gasteiger partial charge in [-0.3, -0.25) is 4.34 Å². The van der Waals surface area contributed by atoms with Crippen LogP contribution in [0.4, 0.5) is 4.79 Å². The molecule has 1 N–H and O–H groups in total. The van der Waals surface area contributed by atoms with Gasteiger partial charge in [0.2, 0.25) is 0 Å². The van der Waals surface area contributed by atoms with Crippen molar-refractivity contribution in [1.29, 1.82) is 0 Å². The molecule has 0 heterocycles. The summed E-state index contributed by atoms with van der Waals surface area (Å²) in [5.41, 5.74) is 0. The summed E-state index contributed by atoms with van der Waals surface area (Å²) in [6, 6.07) is 8.82. The van der Waals surface area contributed by atoms with E-state index >= 15 is 0 Å². The number of benzene rings is 1. The average Bonchev–Trinajstić information content (AvgIpc) is 2.06. The van der Waals surface area contributed by atoms with Crippen LogP contribution in [-0.2, 0) is 0 Å². The lowest BCUT2D eigenvalue weighted by atomic mass is 10.3. The molecule has 0 fully saturated rings. The van der Waals surface area contributed by atoms with E-state index in [1.807, 2.05) is 6.07 Å². The van der Waals surface area contributed by atoms with Crippen molar-refractivity contribution in [3.8, 4) is 5.75 Å². The van der Waals surface area contributed by atoms with Crippen molar-refractivity contribution in [1.82, 2.24) is 4.34 Å². The van der Waals surface area contributed by atoms with Crippen molar-refractivity contribution in [3.63, 3.8) is 0 Å². The van der Waals surface area contributed by atoms with Crippen LogP contribution in [0.25, 0.3) is 0 Å². The zero-order valence-corrected chi connectivity index (χ0v) is 7.17. The van der Waals surface area contributed by atoms with Gasteiger partial charge in [0.1, 0.15) is 5.75 Å². The predicted molar refractivity (Wildman–Crippen MR) is 44.5 cm³/mol. The molecule has 0 spiro atoms. The molecule has 0 aliphatic carbocycles. The Kier molecular flexibility index (Phi) is 2.92. The monoisotopic (exact) mass is 215 g/mol. The zero-order valence-electron chi connectivity index (χ0n) is 5.58. The topological polar surface area (TPSA) is 38.3 Å². The SMILES string of the molecule is O=C(NBr)Oc1ccccc1. The number of nitrogens with one attached hydrogen (secondary N) is 1. The highest BCUT2D eigenvalue weighted by Crippen LogP contribution is 2.07. The van der Waals surface area contributed by atoms with Gasteiger partial charge < -0.3 is 4.74 Å². The Morgan fingerprint density at radius 2 is 2.00 bits per heavy atom. The highest BCUT2D eigenvalue weighted by atomic mass is 79.9. The highest BCUT2D eigenvalue weighted by molar-refractivity contribution is 9.08. The Hall–Kier alpha value is -1.03. The van der Waals surface area contributed by atoms with E-state index in [-0.39, 0.29) is 0 Å². The average molecular weight is 216 g/mol. The van der Waals surface area contributed by atoms with E-state index in [1.54, 1.807) is 24.3 Å². The first-order valence-electron chi connectivity index (χ1n) is 2.96. The van der Waals surface area contributed by atoms with Gasteiger partial charge in [0.15, 0.2) is 0 Å². The standard InChI is InChI=1S/C7H6BrNO2/c8-9-7(10)11-6-4-2-1-3-5-6/h1-5H,(H,9,10). The fraction of sp³-hybridized carbons (Fsp3) is 0. The molecule has 11 heavy (non-hydrogen) atoms. The van der Waals surface area contributed by atoms with Crippen LogP contribution in [0.1, 0.15) is 0 Å². The third-order valence-corrected chi connectivity index (χ3v) is 1.35. The van der Waals surface area contributed by atoms with Crippen LogP contribution in [0.3, 0.4) is 0 Å². The van der Waals surface area contributed by atoms with Crippen LogP contribution in [0.5, 0.6) is 5.75 Å². The van der Waals surface area contributed by atoms with Crippen molar-refractivity contribution in [2.75, 3.05) is 0 Å². The molecule has 0 unspecified atom stereocenters. The predicted octanol–water partition coefficient (Wildman–Crippen LogP) is 2.08. The molecule has 0 radical (unpaired) electrons. The van der Waals surface area contributed by atoms with Gasteiger partial charge in [-0.2, -0.15) is 0 Å². The number of hydrogen-bond acceptors (Lipinski definition) is 2. The van der Waals surface area contributed by atoms with Gasteiger partial charge in [0, 0.05) is 0 Å². The second kappa shape index (κ2) is 3.98. The van der Waals surface area contributed by atoms with Gasteiger partial charge in [0.05, 0.1) is 16.1 Å². The number of amides is 1. The zero-order chi connectivity index (χ0) is 8.10. The minimum atomic E-state index is -0.531. The molecule has 4 heteroatoms.